The molecule has 0 aromatic heterocycles. The van der Waals surface area contributed by atoms with Crippen molar-refractivity contribution in [2.45, 2.75) is 116 Å². The van der Waals surface area contributed by atoms with Crippen molar-refractivity contribution in [1.29, 1.82) is 0 Å². The molecule has 5 nitrogen and oxygen atoms in total. The van der Waals surface area contributed by atoms with E-state index in [0.29, 0.717) is 12.2 Å². The quantitative estimate of drug-likeness (QED) is 0.346. The summed E-state index contributed by atoms with van der Waals surface area (Å²) in [6.45, 7) is 15.6. The second-order valence-corrected chi connectivity index (χ2v) is 13.8. The molecular weight excluding hydrogens is 518 g/mol. The number of nitrogens with zero attached hydrogens (tertiary/aromatic N) is 2. The normalized spacial score (nSPS) is 24.9. The number of hydrogen-bond acceptors (Lipinski definition) is 5. The molecule has 2 aromatic carbocycles. The standard InChI is InChI=1S/C37H55N3O2/c1-28(2)42-33-11-8-10-31(25-33)26-36(41)35-27-37(16-9-18-38-35,34-24-29(3)12-13-30(34)4)17-23-39-21-14-32(15-22-39)40-19-6-5-7-20-40/h8,10-13,24-25,28,32,35,38H,5-7,9,14-23,26-27H2,1-4H3. The minimum Gasteiger partial charge on any atom is -0.491 e. The van der Waals surface area contributed by atoms with Crippen molar-refractivity contribution < 1.29 is 9.53 Å². The van der Waals surface area contributed by atoms with Gasteiger partial charge in [-0.25, -0.2) is 0 Å². The number of carbonyl (C=O) groups excluding carboxylic acids is 1. The summed E-state index contributed by atoms with van der Waals surface area (Å²) in [5.74, 6) is 1.15. The van der Waals surface area contributed by atoms with Crippen LogP contribution < -0.4 is 10.1 Å². The van der Waals surface area contributed by atoms with Gasteiger partial charge in [-0.2, -0.15) is 0 Å². The molecule has 0 bridgehead atoms. The summed E-state index contributed by atoms with van der Waals surface area (Å²) < 4.78 is 5.91. The van der Waals surface area contributed by atoms with Gasteiger partial charge in [0.2, 0.25) is 0 Å². The van der Waals surface area contributed by atoms with Crippen molar-refractivity contribution in [1.82, 2.24) is 15.1 Å². The Morgan fingerprint density at radius 2 is 1.79 bits per heavy atom. The molecule has 0 spiro atoms. The highest BCUT2D eigenvalue weighted by atomic mass is 16.5. The van der Waals surface area contributed by atoms with Crippen LogP contribution in [0.2, 0.25) is 0 Å². The van der Waals surface area contributed by atoms with Gasteiger partial charge in [-0.1, -0.05) is 42.3 Å². The molecule has 2 aromatic rings. The topological polar surface area (TPSA) is 44.8 Å². The fraction of sp³-hybridized carbons (Fsp3) is 0.649. The molecule has 1 N–H and O–H groups in total. The molecule has 5 rings (SSSR count). The van der Waals surface area contributed by atoms with E-state index in [0.717, 1.165) is 56.1 Å². The molecule has 3 saturated heterocycles. The molecule has 0 aliphatic carbocycles. The summed E-state index contributed by atoms with van der Waals surface area (Å²) in [6.07, 6.45) is 11.6. The molecular formula is C37H55N3O2. The third kappa shape index (κ3) is 8.03. The van der Waals surface area contributed by atoms with E-state index in [4.69, 9.17) is 4.74 Å². The minimum atomic E-state index is -0.132. The number of aryl methyl sites for hydroxylation is 2. The van der Waals surface area contributed by atoms with Gasteiger partial charge in [0.25, 0.3) is 0 Å². The molecule has 0 amide bonds. The van der Waals surface area contributed by atoms with Crippen LogP contribution in [-0.4, -0.2) is 73.0 Å². The van der Waals surface area contributed by atoms with Gasteiger partial charge in [0.15, 0.2) is 5.78 Å². The highest BCUT2D eigenvalue weighted by molar-refractivity contribution is 5.86. The summed E-state index contributed by atoms with van der Waals surface area (Å²) >= 11 is 0. The summed E-state index contributed by atoms with van der Waals surface area (Å²) in [6, 6.07) is 15.7. The molecule has 5 heteroatoms. The Balaban J connectivity index is 1.30. The molecule has 3 aliphatic heterocycles. The summed E-state index contributed by atoms with van der Waals surface area (Å²) in [5.41, 5.74) is 5.21. The first kappa shape index (κ1) is 31.2. The highest BCUT2D eigenvalue weighted by Gasteiger charge is 2.40. The largest absolute Gasteiger partial charge is 0.491 e. The first-order valence-corrected chi connectivity index (χ1v) is 16.9. The Labute approximate surface area is 255 Å². The second-order valence-electron chi connectivity index (χ2n) is 13.8. The number of Topliss-reactive ketones (excluding diaryl/α,β-unsaturated/α-hetero) is 1. The predicted octanol–water partition coefficient (Wildman–Crippen LogP) is 6.62. The van der Waals surface area contributed by atoms with Crippen LogP contribution in [0.25, 0.3) is 0 Å². The number of ether oxygens (including phenoxy) is 1. The van der Waals surface area contributed by atoms with Gasteiger partial charge < -0.3 is 19.9 Å². The zero-order valence-corrected chi connectivity index (χ0v) is 26.8. The fourth-order valence-corrected chi connectivity index (χ4v) is 7.90. The third-order valence-corrected chi connectivity index (χ3v) is 10.2. The van der Waals surface area contributed by atoms with Gasteiger partial charge in [-0.05, 0) is 153 Å². The van der Waals surface area contributed by atoms with Crippen LogP contribution >= 0.6 is 0 Å². The van der Waals surface area contributed by atoms with Crippen LogP contribution in [-0.2, 0) is 16.6 Å². The number of carbonyl (C=O) groups is 1. The Morgan fingerprint density at radius 1 is 1.00 bits per heavy atom. The van der Waals surface area contributed by atoms with Gasteiger partial charge in [0.1, 0.15) is 5.75 Å². The minimum absolute atomic E-state index is 0.00620. The maximum absolute atomic E-state index is 13.9. The van der Waals surface area contributed by atoms with Crippen molar-refractivity contribution in [3.8, 4) is 5.75 Å². The first-order chi connectivity index (χ1) is 20.3. The van der Waals surface area contributed by atoms with Gasteiger partial charge in [-0.3, -0.25) is 4.79 Å². The number of benzene rings is 2. The van der Waals surface area contributed by atoms with Crippen LogP contribution in [0.3, 0.4) is 0 Å². The number of nitrogens with one attached hydrogen (secondary N) is 1. The number of likely N-dealkylation sites (tertiary alicyclic amines) is 2. The van der Waals surface area contributed by atoms with Gasteiger partial charge in [0, 0.05) is 12.5 Å². The van der Waals surface area contributed by atoms with Gasteiger partial charge in [0.05, 0.1) is 12.1 Å². The Kier molecular flexibility index (Phi) is 10.8. The second kappa shape index (κ2) is 14.5. The van der Waals surface area contributed by atoms with Crippen LogP contribution in [0.4, 0.5) is 0 Å². The number of hydrogen-bond donors (Lipinski definition) is 1. The van der Waals surface area contributed by atoms with Crippen LogP contribution in [0, 0.1) is 13.8 Å². The zero-order valence-electron chi connectivity index (χ0n) is 26.8. The van der Waals surface area contributed by atoms with E-state index in [1.807, 2.05) is 32.0 Å². The van der Waals surface area contributed by atoms with Crippen molar-refractivity contribution >= 4 is 5.78 Å². The highest BCUT2D eigenvalue weighted by Crippen LogP contribution is 2.42. The predicted molar refractivity (Wildman–Crippen MR) is 174 cm³/mol. The molecule has 3 heterocycles. The summed E-state index contributed by atoms with van der Waals surface area (Å²) in [5, 5.41) is 3.69. The summed E-state index contributed by atoms with van der Waals surface area (Å²) in [7, 11) is 0. The lowest BCUT2D eigenvalue weighted by atomic mass is 9.68. The smallest absolute Gasteiger partial charge is 0.154 e. The molecule has 230 valence electrons. The zero-order chi connectivity index (χ0) is 29.5. The van der Waals surface area contributed by atoms with E-state index in [1.165, 1.54) is 75.0 Å². The van der Waals surface area contributed by atoms with E-state index >= 15 is 0 Å². The number of ketones is 1. The lowest BCUT2D eigenvalue weighted by Crippen LogP contribution is -2.48. The van der Waals surface area contributed by atoms with Gasteiger partial charge >= 0.3 is 0 Å². The van der Waals surface area contributed by atoms with Crippen molar-refractivity contribution in [2.24, 2.45) is 0 Å². The summed E-state index contributed by atoms with van der Waals surface area (Å²) in [4.78, 5) is 19.4. The van der Waals surface area contributed by atoms with Gasteiger partial charge in [-0.15, -0.1) is 0 Å². The molecule has 42 heavy (non-hydrogen) atoms. The van der Waals surface area contributed by atoms with E-state index < -0.39 is 0 Å². The monoisotopic (exact) mass is 573 g/mol. The molecule has 0 saturated carbocycles. The Bertz CT molecular complexity index is 1170. The Hall–Kier alpha value is -2.21. The molecule has 2 atom stereocenters. The lowest BCUT2D eigenvalue weighted by molar-refractivity contribution is -0.120. The van der Waals surface area contributed by atoms with E-state index in [1.54, 1.807) is 0 Å². The molecule has 2 unspecified atom stereocenters. The third-order valence-electron chi connectivity index (χ3n) is 10.2. The average molecular weight is 574 g/mol. The van der Waals surface area contributed by atoms with Crippen molar-refractivity contribution in [3.63, 3.8) is 0 Å². The van der Waals surface area contributed by atoms with Crippen molar-refractivity contribution in [2.75, 3.05) is 39.3 Å². The van der Waals surface area contributed by atoms with E-state index in [2.05, 4.69) is 53.2 Å². The SMILES string of the molecule is Cc1ccc(C)c(C2(CCN3CCC(N4CCCCC4)CC3)CCCNC(C(=O)Cc3cccc(OC(C)C)c3)C2)c1. The number of piperidine rings is 2. The maximum atomic E-state index is 13.9. The van der Waals surface area contributed by atoms with E-state index in [-0.39, 0.29) is 17.6 Å². The lowest BCUT2D eigenvalue weighted by Gasteiger charge is -2.42. The van der Waals surface area contributed by atoms with Crippen LogP contribution in [0.5, 0.6) is 5.75 Å². The van der Waals surface area contributed by atoms with Crippen LogP contribution in [0.1, 0.15) is 93.9 Å². The molecule has 3 fully saturated rings. The number of rotatable bonds is 10. The Morgan fingerprint density at radius 3 is 2.55 bits per heavy atom. The maximum Gasteiger partial charge on any atom is 0.154 e. The fourth-order valence-electron chi connectivity index (χ4n) is 7.90. The molecule has 3 aliphatic rings. The first-order valence-electron chi connectivity index (χ1n) is 16.9. The molecule has 0 radical (unpaired) electrons. The van der Waals surface area contributed by atoms with Crippen molar-refractivity contribution in [3.05, 3.63) is 64.7 Å². The van der Waals surface area contributed by atoms with E-state index in [9.17, 15) is 4.79 Å². The van der Waals surface area contributed by atoms with Crippen LogP contribution in [0.15, 0.2) is 42.5 Å². The average Bonchev–Trinajstić information content (AvgIpc) is 3.22.